The fraction of sp³-hybridized carbons (Fsp3) is 0.514. The van der Waals surface area contributed by atoms with Crippen LogP contribution in [0.25, 0.3) is 0 Å². The van der Waals surface area contributed by atoms with Crippen molar-refractivity contribution in [1.82, 2.24) is 30.1 Å². The lowest BCUT2D eigenvalue weighted by molar-refractivity contribution is -0.134. The second-order valence-electron chi connectivity index (χ2n) is 14.9. The summed E-state index contributed by atoms with van der Waals surface area (Å²) >= 11 is 8.13. The van der Waals surface area contributed by atoms with Crippen LogP contribution in [0.2, 0.25) is 5.02 Å². The molecule has 53 heavy (non-hydrogen) atoms. The third-order valence-corrected chi connectivity index (χ3v) is 12.5. The fourth-order valence-electron chi connectivity index (χ4n) is 7.54. The number of hydrogen-bond acceptors (Lipinski definition) is 12. The molecule has 14 nitrogen and oxygen atoms in total. The van der Waals surface area contributed by atoms with Gasteiger partial charge in [0.2, 0.25) is 11.8 Å². The summed E-state index contributed by atoms with van der Waals surface area (Å²) in [6.07, 6.45) is 10.1. The SMILES string of the molecule is CC1(N)CCN(c2cnc(Sc3cccc(NC(=O)N4CCN(CC5CCN(c6cncc(C7CCC(=O)NC7=O)c6)CC5)CC4)c3Cl)c(N)n2)CC1. The molecule has 4 saturated heterocycles. The van der Waals surface area contributed by atoms with E-state index in [1.54, 1.807) is 18.5 Å². The van der Waals surface area contributed by atoms with Gasteiger partial charge in [0.25, 0.3) is 0 Å². The second kappa shape index (κ2) is 16.0. The van der Waals surface area contributed by atoms with Crippen molar-refractivity contribution in [1.29, 1.82) is 0 Å². The van der Waals surface area contributed by atoms with E-state index < -0.39 is 0 Å². The van der Waals surface area contributed by atoms with Crippen molar-refractivity contribution in [3.05, 3.63) is 53.4 Å². The number of piperidine rings is 3. The fourth-order valence-corrected chi connectivity index (χ4v) is 8.64. The van der Waals surface area contributed by atoms with Gasteiger partial charge in [-0.15, -0.1) is 0 Å². The molecule has 0 radical (unpaired) electrons. The number of benzene rings is 1. The van der Waals surface area contributed by atoms with E-state index in [1.165, 1.54) is 11.8 Å². The number of nitrogens with one attached hydrogen (secondary N) is 2. The van der Waals surface area contributed by atoms with Gasteiger partial charge in [0.15, 0.2) is 5.82 Å². The minimum Gasteiger partial charge on any atom is -0.381 e. The number of halogens is 1. The zero-order chi connectivity index (χ0) is 37.1. The first-order valence-corrected chi connectivity index (χ1v) is 19.7. The molecule has 0 aliphatic carbocycles. The molecule has 4 amide bonds. The number of rotatable bonds is 8. The first-order chi connectivity index (χ1) is 25.5. The van der Waals surface area contributed by atoms with E-state index in [-0.39, 0.29) is 29.3 Å². The van der Waals surface area contributed by atoms with Gasteiger partial charge < -0.3 is 31.5 Å². The molecule has 1 aromatic carbocycles. The predicted molar refractivity (Wildman–Crippen MR) is 207 cm³/mol. The summed E-state index contributed by atoms with van der Waals surface area (Å²) in [5.41, 5.74) is 14.9. The van der Waals surface area contributed by atoms with Crippen molar-refractivity contribution in [2.45, 2.75) is 66.8 Å². The van der Waals surface area contributed by atoms with Gasteiger partial charge >= 0.3 is 6.03 Å². The van der Waals surface area contributed by atoms with E-state index in [1.807, 2.05) is 23.2 Å². The summed E-state index contributed by atoms with van der Waals surface area (Å²) < 4.78 is 0. The molecule has 6 heterocycles. The smallest absolute Gasteiger partial charge is 0.321 e. The number of pyridine rings is 1. The van der Waals surface area contributed by atoms with Gasteiger partial charge in [-0.3, -0.25) is 24.8 Å². The average Bonchev–Trinajstić information content (AvgIpc) is 3.14. The molecule has 4 aliphatic rings. The Morgan fingerprint density at radius 3 is 2.49 bits per heavy atom. The molecule has 6 N–H and O–H groups in total. The number of urea groups is 1. The van der Waals surface area contributed by atoms with Crippen LogP contribution in [0.1, 0.15) is 56.9 Å². The lowest BCUT2D eigenvalue weighted by Crippen LogP contribution is -2.51. The van der Waals surface area contributed by atoms with Gasteiger partial charge in [-0.1, -0.05) is 29.4 Å². The monoisotopic (exact) mass is 761 g/mol. The molecule has 0 spiro atoms. The van der Waals surface area contributed by atoms with E-state index in [4.69, 9.17) is 23.1 Å². The number of aromatic nitrogens is 3. The maximum absolute atomic E-state index is 13.3. The van der Waals surface area contributed by atoms with Crippen molar-refractivity contribution in [2.24, 2.45) is 11.7 Å². The van der Waals surface area contributed by atoms with E-state index in [9.17, 15) is 14.4 Å². The Hall–Kier alpha value is -4.18. The second-order valence-corrected chi connectivity index (χ2v) is 16.3. The Bertz CT molecular complexity index is 1820. The molecule has 7 rings (SSSR count). The van der Waals surface area contributed by atoms with Gasteiger partial charge in [-0.2, -0.15) is 0 Å². The number of carbonyl (C=O) groups is 3. The molecule has 0 bridgehead atoms. The van der Waals surface area contributed by atoms with Crippen LogP contribution in [0.5, 0.6) is 0 Å². The average molecular weight is 762 g/mol. The standard InChI is InChI=1S/C37H48ClN11O3S/c1-37(40)9-13-48(14-10-37)30-22-42-35(33(39)44-30)53-29-4-2-3-28(32(29)38)43-36(52)49-17-15-46(16-18-49)23-24-7-11-47(12-8-24)26-19-25(20-41-21-26)27-5-6-31(50)45-34(27)51/h2-4,19-22,24,27H,5-18,23,40H2,1H3,(H2,39,44)(H,43,52)(H,45,50,51). The van der Waals surface area contributed by atoms with Crippen LogP contribution >= 0.6 is 23.4 Å². The normalized spacial score (nSPS) is 21.4. The Labute approximate surface area is 319 Å². The van der Waals surface area contributed by atoms with E-state index in [2.05, 4.69) is 53.3 Å². The van der Waals surface area contributed by atoms with Crippen LogP contribution in [-0.2, 0) is 9.59 Å². The van der Waals surface area contributed by atoms with Gasteiger partial charge in [0.1, 0.15) is 10.8 Å². The summed E-state index contributed by atoms with van der Waals surface area (Å²) in [6.45, 7) is 9.43. The van der Waals surface area contributed by atoms with Crippen LogP contribution in [0.15, 0.2) is 52.8 Å². The number of nitrogen functional groups attached to an aromatic ring is 1. The van der Waals surface area contributed by atoms with E-state index >= 15 is 0 Å². The molecule has 0 saturated carbocycles. The van der Waals surface area contributed by atoms with Crippen molar-refractivity contribution in [2.75, 3.05) is 79.8 Å². The van der Waals surface area contributed by atoms with E-state index in [0.717, 1.165) is 93.5 Å². The van der Waals surface area contributed by atoms with Crippen LogP contribution < -0.4 is 31.9 Å². The molecule has 4 fully saturated rings. The summed E-state index contributed by atoms with van der Waals surface area (Å²) in [4.78, 5) is 60.5. The van der Waals surface area contributed by atoms with Crippen molar-refractivity contribution in [3.8, 4) is 0 Å². The number of carbonyl (C=O) groups excluding carboxylic acids is 3. The first-order valence-electron chi connectivity index (χ1n) is 18.5. The van der Waals surface area contributed by atoms with Crippen LogP contribution in [0.4, 0.5) is 27.8 Å². The summed E-state index contributed by atoms with van der Waals surface area (Å²) in [5, 5.41) is 6.45. The lowest BCUT2D eigenvalue weighted by atomic mass is 9.91. The van der Waals surface area contributed by atoms with E-state index in [0.29, 0.717) is 53.4 Å². The molecule has 2 aromatic heterocycles. The van der Waals surface area contributed by atoms with Crippen LogP contribution in [0, 0.1) is 5.92 Å². The van der Waals surface area contributed by atoms with Gasteiger partial charge in [0, 0.05) is 82.0 Å². The quantitative estimate of drug-likeness (QED) is 0.241. The molecule has 1 unspecified atom stereocenters. The van der Waals surface area contributed by atoms with Crippen LogP contribution in [0.3, 0.4) is 0 Å². The highest BCUT2D eigenvalue weighted by molar-refractivity contribution is 7.99. The van der Waals surface area contributed by atoms with Gasteiger partial charge in [-0.05, 0) is 68.7 Å². The summed E-state index contributed by atoms with van der Waals surface area (Å²) in [6, 6.07) is 7.41. The third kappa shape index (κ3) is 8.97. The molecule has 282 valence electrons. The van der Waals surface area contributed by atoms with Crippen LogP contribution in [-0.4, -0.2) is 107 Å². The van der Waals surface area contributed by atoms with Crippen molar-refractivity contribution < 1.29 is 14.4 Å². The minimum atomic E-state index is -0.335. The highest BCUT2D eigenvalue weighted by atomic mass is 35.5. The number of imide groups is 1. The molecule has 3 aromatic rings. The molecule has 4 aliphatic heterocycles. The first kappa shape index (κ1) is 37.1. The predicted octanol–water partition coefficient (Wildman–Crippen LogP) is 4.16. The molecular weight excluding hydrogens is 714 g/mol. The summed E-state index contributed by atoms with van der Waals surface area (Å²) in [7, 11) is 0. The number of amides is 4. The zero-order valence-electron chi connectivity index (χ0n) is 30.1. The number of nitrogens with zero attached hydrogens (tertiary/aromatic N) is 7. The molecule has 16 heteroatoms. The lowest BCUT2D eigenvalue weighted by Gasteiger charge is -2.39. The topological polar surface area (TPSA) is 179 Å². The number of nitrogens with two attached hydrogens (primary N) is 2. The molecule has 1 atom stereocenters. The zero-order valence-corrected chi connectivity index (χ0v) is 31.7. The van der Waals surface area contributed by atoms with Gasteiger partial charge in [-0.25, -0.2) is 14.8 Å². The Morgan fingerprint density at radius 1 is 1.02 bits per heavy atom. The maximum atomic E-state index is 13.3. The number of anilines is 4. The largest absolute Gasteiger partial charge is 0.381 e. The number of hydrogen-bond donors (Lipinski definition) is 4. The maximum Gasteiger partial charge on any atom is 0.321 e. The van der Waals surface area contributed by atoms with Crippen molar-refractivity contribution >= 4 is 64.2 Å². The Morgan fingerprint density at radius 2 is 1.77 bits per heavy atom. The van der Waals surface area contributed by atoms with Gasteiger partial charge in [0.05, 0.1) is 34.7 Å². The highest BCUT2D eigenvalue weighted by Gasteiger charge is 2.31. The Kier molecular flexibility index (Phi) is 11.2. The highest BCUT2D eigenvalue weighted by Crippen LogP contribution is 2.39. The molecular formula is C37H48ClN11O3S. The number of piperazine rings is 1. The van der Waals surface area contributed by atoms with Crippen molar-refractivity contribution in [3.63, 3.8) is 0 Å². The Balaban J connectivity index is 0.862. The summed E-state index contributed by atoms with van der Waals surface area (Å²) in [5.74, 6) is 0.855. The third-order valence-electron chi connectivity index (χ3n) is 10.9. The minimum absolute atomic E-state index is 0.158.